The van der Waals surface area contributed by atoms with Crippen LogP contribution in [-0.4, -0.2) is 12.6 Å². The third kappa shape index (κ3) is 3.85. The minimum absolute atomic E-state index is 0.180. The highest BCUT2D eigenvalue weighted by Gasteiger charge is 2.06. The maximum Gasteiger partial charge on any atom is 0.349 e. The van der Waals surface area contributed by atoms with E-state index in [9.17, 15) is 4.79 Å². The largest absolute Gasteiger partial charge is 0.482 e. The van der Waals surface area contributed by atoms with Crippen molar-refractivity contribution < 1.29 is 14.3 Å². The van der Waals surface area contributed by atoms with Crippen molar-refractivity contribution in [2.24, 2.45) is 0 Å². The summed E-state index contributed by atoms with van der Waals surface area (Å²) in [6.45, 7) is 1.76. The van der Waals surface area contributed by atoms with Crippen molar-refractivity contribution in [2.45, 2.75) is 6.92 Å². The average molecular weight is 267 g/mol. The summed E-state index contributed by atoms with van der Waals surface area (Å²) in [5, 5.41) is 8.76. The number of rotatable bonds is 4. The predicted molar refractivity (Wildman–Crippen MR) is 73.5 cm³/mol. The Morgan fingerprint density at radius 2 is 1.90 bits per heavy atom. The first-order valence-corrected chi connectivity index (χ1v) is 6.08. The Morgan fingerprint density at radius 3 is 2.65 bits per heavy atom. The van der Waals surface area contributed by atoms with E-state index in [0.29, 0.717) is 17.1 Å². The van der Waals surface area contributed by atoms with Crippen molar-refractivity contribution in [1.82, 2.24) is 0 Å². The second-order valence-electron chi connectivity index (χ2n) is 4.22. The van der Waals surface area contributed by atoms with Gasteiger partial charge < -0.3 is 9.47 Å². The summed E-state index contributed by atoms with van der Waals surface area (Å²) in [7, 11) is 0. The predicted octanol–water partition coefficient (Wildman–Crippen LogP) is 2.85. The molecule has 0 aliphatic rings. The van der Waals surface area contributed by atoms with Gasteiger partial charge in [-0.1, -0.05) is 18.2 Å². The first-order chi connectivity index (χ1) is 9.67. The topological polar surface area (TPSA) is 59.3 Å². The minimum atomic E-state index is -0.512. The number of nitrogens with zero attached hydrogens (tertiary/aromatic N) is 1. The second kappa shape index (κ2) is 6.39. The molecule has 0 aromatic heterocycles. The van der Waals surface area contributed by atoms with E-state index in [1.54, 1.807) is 24.3 Å². The van der Waals surface area contributed by atoms with Crippen molar-refractivity contribution in [3.63, 3.8) is 0 Å². The SMILES string of the molecule is Cc1cccc(OCC(=O)Oc2cccc(C#N)c2)c1. The van der Waals surface area contributed by atoms with Crippen LogP contribution in [0.4, 0.5) is 0 Å². The summed E-state index contributed by atoms with van der Waals surface area (Å²) in [6.07, 6.45) is 0. The lowest BCUT2D eigenvalue weighted by Crippen LogP contribution is -2.17. The molecule has 2 aromatic rings. The van der Waals surface area contributed by atoms with Gasteiger partial charge in [-0.25, -0.2) is 4.79 Å². The molecule has 100 valence electrons. The molecule has 0 aliphatic heterocycles. The number of aryl methyl sites for hydroxylation is 1. The minimum Gasteiger partial charge on any atom is -0.482 e. The lowest BCUT2D eigenvalue weighted by Gasteiger charge is -2.07. The third-order valence-corrected chi connectivity index (χ3v) is 2.54. The van der Waals surface area contributed by atoms with Gasteiger partial charge in [0.1, 0.15) is 11.5 Å². The summed E-state index contributed by atoms with van der Waals surface area (Å²) < 4.78 is 10.4. The number of hydrogen-bond donors (Lipinski definition) is 0. The average Bonchev–Trinajstić information content (AvgIpc) is 2.45. The fraction of sp³-hybridized carbons (Fsp3) is 0.125. The van der Waals surface area contributed by atoms with Crippen LogP contribution in [0.3, 0.4) is 0 Å². The van der Waals surface area contributed by atoms with E-state index in [2.05, 4.69) is 0 Å². The molecule has 0 unspecified atom stereocenters. The monoisotopic (exact) mass is 267 g/mol. The van der Waals surface area contributed by atoms with Crippen LogP contribution >= 0.6 is 0 Å². The zero-order valence-corrected chi connectivity index (χ0v) is 11.0. The zero-order valence-electron chi connectivity index (χ0n) is 11.0. The molecule has 0 saturated carbocycles. The van der Waals surface area contributed by atoms with Crippen molar-refractivity contribution in [2.75, 3.05) is 6.61 Å². The van der Waals surface area contributed by atoms with Gasteiger partial charge in [0.05, 0.1) is 11.6 Å². The van der Waals surface area contributed by atoms with Gasteiger partial charge in [-0.2, -0.15) is 5.26 Å². The lowest BCUT2D eigenvalue weighted by atomic mass is 10.2. The zero-order chi connectivity index (χ0) is 14.4. The van der Waals surface area contributed by atoms with Crippen LogP contribution in [0, 0.1) is 18.3 Å². The van der Waals surface area contributed by atoms with E-state index in [1.807, 2.05) is 31.2 Å². The Hall–Kier alpha value is -2.80. The van der Waals surface area contributed by atoms with Crippen LogP contribution in [0.2, 0.25) is 0 Å². The summed E-state index contributed by atoms with van der Waals surface area (Å²) in [4.78, 5) is 11.6. The van der Waals surface area contributed by atoms with Crippen LogP contribution in [0.5, 0.6) is 11.5 Å². The standard InChI is InChI=1S/C16H13NO3/c1-12-4-2-6-14(8-12)19-11-16(18)20-15-7-3-5-13(9-15)10-17/h2-9H,11H2,1H3. The molecular weight excluding hydrogens is 254 g/mol. The van der Waals surface area contributed by atoms with Crippen molar-refractivity contribution >= 4 is 5.97 Å². The van der Waals surface area contributed by atoms with E-state index in [1.165, 1.54) is 6.07 Å². The quantitative estimate of drug-likeness (QED) is 0.631. The number of carbonyl (C=O) groups is 1. The summed E-state index contributed by atoms with van der Waals surface area (Å²) in [5.41, 5.74) is 1.49. The highest BCUT2D eigenvalue weighted by Crippen LogP contribution is 2.14. The van der Waals surface area contributed by atoms with E-state index < -0.39 is 5.97 Å². The molecule has 0 bridgehead atoms. The summed E-state index contributed by atoms with van der Waals surface area (Å²) in [5.74, 6) is 0.441. The molecule has 2 aromatic carbocycles. The van der Waals surface area contributed by atoms with Gasteiger partial charge in [0.25, 0.3) is 0 Å². The van der Waals surface area contributed by atoms with Crippen LogP contribution in [0.25, 0.3) is 0 Å². The molecule has 20 heavy (non-hydrogen) atoms. The molecule has 4 heteroatoms. The normalized spacial score (nSPS) is 9.60. The fourth-order valence-corrected chi connectivity index (χ4v) is 1.64. The molecule has 0 aliphatic carbocycles. The Kier molecular flexibility index (Phi) is 4.35. The van der Waals surface area contributed by atoms with E-state index in [-0.39, 0.29) is 6.61 Å². The Labute approximate surface area is 117 Å². The Bertz CT molecular complexity index is 659. The summed E-state index contributed by atoms with van der Waals surface area (Å²) >= 11 is 0. The molecule has 0 N–H and O–H groups in total. The highest BCUT2D eigenvalue weighted by molar-refractivity contribution is 5.74. The lowest BCUT2D eigenvalue weighted by molar-refractivity contribution is -0.136. The second-order valence-corrected chi connectivity index (χ2v) is 4.22. The fourth-order valence-electron chi connectivity index (χ4n) is 1.64. The molecule has 0 saturated heterocycles. The number of ether oxygens (including phenoxy) is 2. The van der Waals surface area contributed by atoms with Crippen molar-refractivity contribution in [3.8, 4) is 17.6 Å². The molecule has 0 spiro atoms. The van der Waals surface area contributed by atoms with Gasteiger partial charge in [0, 0.05) is 0 Å². The van der Waals surface area contributed by atoms with Crippen molar-refractivity contribution in [1.29, 1.82) is 5.26 Å². The maximum atomic E-state index is 11.6. The van der Waals surface area contributed by atoms with Gasteiger partial charge in [-0.05, 0) is 42.8 Å². The molecular formula is C16H13NO3. The van der Waals surface area contributed by atoms with Gasteiger partial charge in [-0.3, -0.25) is 0 Å². The van der Waals surface area contributed by atoms with Crippen LogP contribution in [0.15, 0.2) is 48.5 Å². The molecule has 0 fully saturated rings. The third-order valence-electron chi connectivity index (χ3n) is 2.54. The number of esters is 1. The molecule has 0 radical (unpaired) electrons. The number of nitriles is 1. The molecule has 4 nitrogen and oxygen atoms in total. The van der Waals surface area contributed by atoms with Gasteiger partial charge in [-0.15, -0.1) is 0 Å². The van der Waals surface area contributed by atoms with E-state index >= 15 is 0 Å². The van der Waals surface area contributed by atoms with Crippen molar-refractivity contribution in [3.05, 3.63) is 59.7 Å². The maximum absolute atomic E-state index is 11.6. The molecule has 0 heterocycles. The van der Waals surface area contributed by atoms with Crippen LogP contribution in [0.1, 0.15) is 11.1 Å². The molecule has 0 atom stereocenters. The first-order valence-electron chi connectivity index (χ1n) is 6.08. The van der Waals surface area contributed by atoms with Gasteiger partial charge in [0.15, 0.2) is 6.61 Å². The molecule has 0 amide bonds. The smallest absolute Gasteiger partial charge is 0.349 e. The van der Waals surface area contributed by atoms with E-state index in [0.717, 1.165) is 5.56 Å². The molecule has 2 rings (SSSR count). The number of hydrogen-bond acceptors (Lipinski definition) is 4. The Balaban J connectivity index is 1.91. The van der Waals surface area contributed by atoms with Gasteiger partial charge >= 0.3 is 5.97 Å². The van der Waals surface area contributed by atoms with E-state index in [4.69, 9.17) is 14.7 Å². The van der Waals surface area contributed by atoms with Crippen LogP contribution < -0.4 is 9.47 Å². The number of benzene rings is 2. The highest BCUT2D eigenvalue weighted by atomic mass is 16.6. The number of carbonyl (C=O) groups excluding carboxylic acids is 1. The summed E-state index contributed by atoms with van der Waals surface area (Å²) in [6, 6.07) is 15.8. The first kappa shape index (κ1) is 13.6. The van der Waals surface area contributed by atoms with Gasteiger partial charge in [0.2, 0.25) is 0 Å². The van der Waals surface area contributed by atoms with Crippen LogP contribution in [-0.2, 0) is 4.79 Å². The Morgan fingerprint density at radius 1 is 1.15 bits per heavy atom.